The van der Waals surface area contributed by atoms with E-state index in [0.29, 0.717) is 29.5 Å². The number of H-pyrrole nitrogens is 1. The number of benzene rings is 1. The maximum atomic E-state index is 12.6. The number of hydrogen-bond donors (Lipinski definition) is 2. The zero-order valence-corrected chi connectivity index (χ0v) is 17.4. The van der Waals surface area contributed by atoms with E-state index in [9.17, 15) is 4.79 Å². The van der Waals surface area contributed by atoms with Gasteiger partial charge in [0.05, 0.1) is 32.0 Å². The van der Waals surface area contributed by atoms with Gasteiger partial charge in [-0.25, -0.2) is 0 Å². The van der Waals surface area contributed by atoms with Crippen LogP contribution < -0.4 is 14.8 Å². The van der Waals surface area contributed by atoms with Crippen LogP contribution in [0, 0.1) is 5.92 Å². The highest BCUT2D eigenvalue weighted by Crippen LogP contribution is 2.36. The smallest absolute Gasteiger partial charge is 0.229 e. The summed E-state index contributed by atoms with van der Waals surface area (Å²) in [7, 11) is 3.20. The zero-order chi connectivity index (χ0) is 20.1. The summed E-state index contributed by atoms with van der Waals surface area (Å²) < 4.78 is 10.7. The second-order valence-corrected chi connectivity index (χ2v) is 7.93. The standard InChI is InChI=1S/C21H25N3O3S/c1-13(2)10-16-21(22-19(25)12-15-6-5-9-28-15)20(24-23-16)14-7-8-17(26-3)18(11-14)27-4/h5-9,11,13H,10,12H2,1-4H3,(H,22,25)(H,23,24). The van der Waals surface area contributed by atoms with Crippen LogP contribution in [0.1, 0.15) is 24.4 Å². The molecular weight excluding hydrogens is 374 g/mol. The predicted molar refractivity (Wildman–Crippen MR) is 112 cm³/mol. The maximum absolute atomic E-state index is 12.6. The topological polar surface area (TPSA) is 76.2 Å². The molecule has 0 fully saturated rings. The van der Waals surface area contributed by atoms with Crippen LogP contribution in [0.4, 0.5) is 5.69 Å². The normalized spacial score (nSPS) is 10.9. The highest BCUT2D eigenvalue weighted by Gasteiger charge is 2.19. The van der Waals surface area contributed by atoms with Gasteiger partial charge in [-0.15, -0.1) is 11.3 Å². The number of aromatic nitrogens is 2. The molecule has 148 valence electrons. The number of rotatable bonds is 8. The van der Waals surface area contributed by atoms with Crippen LogP contribution in [0.5, 0.6) is 11.5 Å². The first-order chi connectivity index (χ1) is 13.5. The summed E-state index contributed by atoms with van der Waals surface area (Å²) in [5, 5.41) is 12.6. The van der Waals surface area contributed by atoms with Crippen LogP contribution in [0.2, 0.25) is 0 Å². The first-order valence-electron chi connectivity index (χ1n) is 9.13. The lowest BCUT2D eigenvalue weighted by Crippen LogP contribution is -2.15. The van der Waals surface area contributed by atoms with E-state index in [1.165, 1.54) is 0 Å². The van der Waals surface area contributed by atoms with Gasteiger partial charge in [0.15, 0.2) is 11.5 Å². The van der Waals surface area contributed by atoms with E-state index in [-0.39, 0.29) is 5.91 Å². The van der Waals surface area contributed by atoms with Crippen molar-refractivity contribution in [2.45, 2.75) is 26.7 Å². The number of methoxy groups -OCH3 is 2. The summed E-state index contributed by atoms with van der Waals surface area (Å²) in [5.74, 6) is 1.62. The molecule has 0 atom stereocenters. The Morgan fingerprint density at radius 3 is 2.64 bits per heavy atom. The minimum atomic E-state index is -0.0596. The Balaban J connectivity index is 1.95. The lowest BCUT2D eigenvalue weighted by atomic mass is 10.0. The molecule has 2 heterocycles. The summed E-state index contributed by atoms with van der Waals surface area (Å²) >= 11 is 1.57. The van der Waals surface area contributed by atoms with Crippen LogP contribution in [0.3, 0.4) is 0 Å². The first kappa shape index (κ1) is 19.9. The molecule has 0 saturated heterocycles. The zero-order valence-electron chi connectivity index (χ0n) is 16.5. The van der Waals surface area contributed by atoms with Gasteiger partial charge in [-0.1, -0.05) is 19.9 Å². The molecule has 28 heavy (non-hydrogen) atoms. The monoisotopic (exact) mass is 399 g/mol. The number of amides is 1. The Hall–Kier alpha value is -2.80. The van der Waals surface area contributed by atoms with Crippen molar-refractivity contribution in [2.24, 2.45) is 5.92 Å². The number of nitrogens with one attached hydrogen (secondary N) is 2. The lowest BCUT2D eigenvalue weighted by Gasteiger charge is -2.12. The number of carbonyl (C=O) groups excluding carboxylic acids is 1. The summed E-state index contributed by atoms with van der Waals surface area (Å²) in [6.07, 6.45) is 1.13. The molecule has 6 nitrogen and oxygen atoms in total. The van der Waals surface area contributed by atoms with Crippen molar-refractivity contribution in [3.8, 4) is 22.8 Å². The molecule has 3 rings (SSSR count). The van der Waals surface area contributed by atoms with E-state index in [1.54, 1.807) is 25.6 Å². The average molecular weight is 400 g/mol. The van der Waals surface area contributed by atoms with Crippen molar-refractivity contribution >= 4 is 22.9 Å². The molecule has 0 radical (unpaired) electrons. The Morgan fingerprint density at radius 1 is 1.21 bits per heavy atom. The Labute approximate surface area is 168 Å². The van der Waals surface area contributed by atoms with Crippen LogP contribution in [-0.2, 0) is 17.6 Å². The first-order valence-corrected chi connectivity index (χ1v) is 10.0. The molecule has 0 spiro atoms. The number of ether oxygens (including phenoxy) is 2. The number of carbonyl (C=O) groups is 1. The molecular formula is C21H25N3O3S. The van der Waals surface area contributed by atoms with Crippen LogP contribution in [-0.4, -0.2) is 30.3 Å². The van der Waals surface area contributed by atoms with E-state index in [2.05, 4.69) is 29.4 Å². The van der Waals surface area contributed by atoms with E-state index in [1.807, 2.05) is 35.7 Å². The molecule has 1 amide bonds. The predicted octanol–water partition coefficient (Wildman–Crippen LogP) is 4.54. The third kappa shape index (κ3) is 4.54. The summed E-state index contributed by atoms with van der Waals surface area (Å²) in [6.45, 7) is 4.27. The highest BCUT2D eigenvalue weighted by molar-refractivity contribution is 7.10. The number of hydrogen-bond acceptors (Lipinski definition) is 5. The van der Waals surface area contributed by atoms with Gasteiger partial charge < -0.3 is 14.8 Å². The van der Waals surface area contributed by atoms with Gasteiger partial charge in [-0.3, -0.25) is 9.89 Å². The van der Waals surface area contributed by atoms with Crippen molar-refractivity contribution in [1.82, 2.24) is 10.2 Å². The van der Waals surface area contributed by atoms with Gasteiger partial charge in [-0.2, -0.15) is 5.10 Å². The van der Waals surface area contributed by atoms with E-state index >= 15 is 0 Å². The number of thiophene rings is 1. The molecule has 0 saturated carbocycles. The number of aromatic amines is 1. The third-order valence-corrected chi connectivity index (χ3v) is 5.17. The number of nitrogens with zero attached hydrogens (tertiary/aromatic N) is 1. The van der Waals surface area contributed by atoms with Crippen molar-refractivity contribution in [3.05, 3.63) is 46.3 Å². The van der Waals surface area contributed by atoms with Gasteiger partial charge in [0.25, 0.3) is 0 Å². The van der Waals surface area contributed by atoms with Crippen LogP contribution in [0.15, 0.2) is 35.7 Å². The van der Waals surface area contributed by atoms with Gasteiger partial charge in [0.2, 0.25) is 5.91 Å². The van der Waals surface area contributed by atoms with Crippen molar-refractivity contribution in [3.63, 3.8) is 0 Å². The van der Waals surface area contributed by atoms with Gasteiger partial charge >= 0.3 is 0 Å². The summed E-state index contributed by atoms with van der Waals surface area (Å²) in [6, 6.07) is 9.52. The average Bonchev–Trinajstić information content (AvgIpc) is 3.31. The fourth-order valence-corrected chi connectivity index (χ4v) is 3.72. The molecule has 0 aliphatic rings. The van der Waals surface area contributed by atoms with Crippen molar-refractivity contribution in [2.75, 3.05) is 19.5 Å². The second kappa shape index (κ2) is 8.93. The summed E-state index contributed by atoms with van der Waals surface area (Å²) in [5.41, 5.74) is 3.17. The Kier molecular flexibility index (Phi) is 6.36. The number of anilines is 1. The van der Waals surface area contributed by atoms with E-state index < -0.39 is 0 Å². The van der Waals surface area contributed by atoms with E-state index in [0.717, 1.165) is 28.2 Å². The molecule has 0 bridgehead atoms. The minimum absolute atomic E-state index is 0.0596. The second-order valence-electron chi connectivity index (χ2n) is 6.90. The largest absolute Gasteiger partial charge is 0.493 e. The van der Waals surface area contributed by atoms with Gasteiger partial charge in [0.1, 0.15) is 5.69 Å². The fraction of sp³-hybridized carbons (Fsp3) is 0.333. The van der Waals surface area contributed by atoms with Gasteiger partial charge in [0, 0.05) is 10.4 Å². The maximum Gasteiger partial charge on any atom is 0.229 e. The van der Waals surface area contributed by atoms with Crippen LogP contribution in [0.25, 0.3) is 11.3 Å². The molecule has 1 aromatic carbocycles. The molecule has 0 aliphatic carbocycles. The molecule has 7 heteroatoms. The summed E-state index contributed by atoms with van der Waals surface area (Å²) in [4.78, 5) is 13.7. The van der Waals surface area contributed by atoms with Crippen LogP contribution >= 0.6 is 11.3 Å². The van der Waals surface area contributed by atoms with Gasteiger partial charge in [-0.05, 0) is 42.0 Å². The molecule has 0 unspecified atom stereocenters. The highest BCUT2D eigenvalue weighted by atomic mass is 32.1. The minimum Gasteiger partial charge on any atom is -0.493 e. The quantitative estimate of drug-likeness (QED) is 0.583. The molecule has 2 N–H and O–H groups in total. The Bertz CT molecular complexity index is 933. The lowest BCUT2D eigenvalue weighted by molar-refractivity contribution is -0.115. The molecule has 0 aliphatic heterocycles. The van der Waals surface area contributed by atoms with Crippen molar-refractivity contribution in [1.29, 1.82) is 0 Å². The SMILES string of the molecule is COc1ccc(-c2n[nH]c(CC(C)C)c2NC(=O)Cc2cccs2)cc1OC. The molecule has 3 aromatic rings. The molecule has 2 aromatic heterocycles. The fourth-order valence-electron chi connectivity index (χ4n) is 3.02. The Morgan fingerprint density at radius 2 is 2.00 bits per heavy atom. The van der Waals surface area contributed by atoms with E-state index in [4.69, 9.17) is 9.47 Å². The third-order valence-electron chi connectivity index (χ3n) is 4.29. The van der Waals surface area contributed by atoms with Crippen molar-refractivity contribution < 1.29 is 14.3 Å².